The third-order valence-corrected chi connectivity index (χ3v) is 11.5. The number of nitrogens with zero attached hydrogens (tertiary/aromatic N) is 3. The predicted molar refractivity (Wildman–Crippen MR) is 221 cm³/mol. The van der Waals surface area contributed by atoms with Gasteiger partial charge in [0.2, 0.25) is 0 Å². The highest BCUT2D eigenvalue weighted by Crippen LogP contribution is 2.49. The molecule has 11 aromatic rings. The molecule has 11 rings (SSSR count). The summed E-state index contributed by atoms with van der Waals surface area (Å²) in [6, 6.07) is 62.7. The summed E-state index contributed by atoms with van der Waals surface area (Å²) < 4.78 is 5.09. The van der Waals surface area contributed by atoms with E-state index in [1.54, 1.807) is 0 Å². The minimum Gasteiger partial charge on any atom is -0.308 e. The maximum Gasteiger partial charge on any atom is 0.160 e. The molecule has 0 spiro atoms. The lowest BCUT2D eigenvalue weighted by Gasteiger charge is -2.12. The highest BCUT2D eigenvalue weighted by Gasteiger charge is 2.22. The SMILES string of the molecule is c1ccc(-c2cc(-c3ccccc3)nc(-c3ccc(-n4c5ccccc5c5c6ccccc6c6c(sc7ccc8ccccc8c76)c54)cc3)n2)cc1. The zero-order valence-corrected chi connectivity index (χ0v) is 28.8. The molecule has 4 heteroatoms. The minimum atomic E-state index is 0.707. The number of hydrogen-bond donors (Lipinski definition) is 0. The molecule has 0 atom stereocenters. The number of fused-ring (bicyclic) bond motifs is 12. The Labute approximate surface area is 303 Å². The molecule has 0 aliphatic carbocycles. The van der Waals surface area contributed by atoms with E-state index in [1.807, 2.05) is 23.5 Å². The average Bonchev–Trinajstić information content (AvgIpc) is 3.79. The standard InChI is InChI=1S/C48H29N3S/c1-3-14-31(15-4-1)39-29-40(32-16-5-2-6-17-32)50-48(49-39)33-23-26-34(27-24-33)51-41-22-12-11-21-38(41)43-36-19-9-10-20-37(36)45-44-35-18-8-7-13-30(35)25-28-42(44)52-47(45)46(43)51/h1-29H. The Balaban J connectivity index is 1.17. The Morgan fingerprint density at radius 1 is 0.423 bits per heavy atom. The van der Waals surface area contributed by atoms with Crippen LogP contribution in [0.15, 0.2) is 176 Å². The summed E-state index contributed by atoms with van der Waals surface area (Å²) in [5.41, 5.74) is 8.47. The molecule has 8 aromatic carbocycles. The number of hydrogen-bond acceptors (Lipinski definition) is 3. The van der Waals surface area contributed by atoms with Crippen LogP contribution in [0.5, 0.6) is 0 Å². The molecular weight excluding hydrogens is 651 g/mol. The van der Waals surface area contributed by atoms with Crippen LogP contribution in [0, 0.1) is 0 Å². The van der Waals surface area contributed by atoms with Crippen LogP contribution in [-0.2, 0) is 0 Å². The maximum atomic E-state index is 5.10. The van der Waals surface area contributed by atoms with Crippen molar-refractivity contribution in [3.8, 4) is 39.6 Å². The van der Waals surface area contributed by atoms with Gasteiger partial charge in [-0.1, -0.05) is 133 Å². The fourth-order valence-corrected chi connectivity index (χ4v) is 9.33. The molecule has 0 N–H and O–H groups in total. The number of thiophene rings is 1. The van der Waals surface area contributed by atoms with E-state index in [-0.39, 0.29) is 0 Å². The molecule has 52 heavy (non-hydrogen) atoms. The summed E-state index contributed by atoms with van der Waals surface area (Å²) in [7, 11) is 0. The lowest BCUT2D eigenvalue weighted by atomic mass is 9.96. The van der Waals surface area contributed by atoms with Crippen molar-refractivity contribution in [1.82, 2.24) is 14.5 Å². The Morgan fingerprint density at radius 3 is 1.69 bits per heavy atom. The largest absolute Gasteiger partial charge is 0.308 e. The third-order valence-electron chi connectivity index (χ3n) is 10.4. The van der Waals surface area contributed by atoms with E-state index in [0.717, 1.165) is 33.8 Å². The highest BCUT2D eigenvalue weighted by atomic mass is 32.1. The first-order valence-electron chi connectivity index (χ1n) is 17.6. The van der Waals surface area contributed by atoms with Crippen molar-refractivity contribution in [3.05, 3.63) is 176 Å². The van der Waals surface area contributed by atoms with Gasteiger partial charge in [-0.05, 0) is 64.0 Å². The molecule has 0 bridgehead atoms. The van der Waals surface area contributed by atoms with Crippen LogP contribution >= 0.6 is 11.3 Å². The Hall–Kier alpha value is -6.62. The molecule has 0 aliphatic rings. The lowest BCUT2D eigenvalue weighted by Crippen LogP contribution is -1.97. The quantitative estimate of drug-likeness (QED) is 0.185. The second kappa shape index (κ2) is 11.5. The average molecular weight is 680 g/mol. The smallest absolute Gasteiger partial charge is 0.160 e. The molecule has 0 fully saturated rings. The molecule has 3 nitrogen and oxygen atoms in total. The van der Waals surface area contributed by atoms with E-state index < -0.39 is 0 Å². The molecule has 242 valence electrons. The van der Waals surface area contributed by atoms with Crippen LogP contribution in [0.4, 0.5) is 0 Å². The van der Waals surface area contributed by atoms with Crippen LogP contribution in [0.1, 0.15) is 0 Å². The van der Waals surface area contributed by atoms with Crippen molar-refractivity contribution in [2.75, 3.05) is 0 Å². The molecule has 3 heterocycles. The summed E-state index contributed by atoms with van der Waals surface area (Å²) in [6.07, 6.45) is 0. The molecule has 0 saturated carbocycles. The zero-order chi connectivity index (χ0) is 34.2. The van der Waals surface area contributed by atoms with E-state index in [1.165, 1.54) is 63.5 Å². The van der Waals surface area contributed by atoms with Gasteiger partial charge < -0.3 is 4.57 Å². The van der Waals surface area contributed by atoms with Crippen LogP contribution in [-0.4, -0.2) is 14.5 Å². The van der Waals surface area contributed by atoms with E-state index in [9.17, 15) is 0 Å². The highest BCUT2D eigenvalue weighted by molar-refractivity contribution is 7.27. The molecule has 0 radical (unpaired) electrons. The van der Waals surface area contributed by atoms with Gasteiger partial charge >= 0.3 is 0 Å². The van der Waals surface area contributed by atoms with E-state index in [4.69, 9.17) is 9.97 Å². The van der Waals surface area contributed by atoms with Crippen molar-refractivity contribution in [3.63, 3.8) is 0 Å². The first-order chi connectivity index (χ1) is 25.8. The van der Waals surface area contributed by atoms with Crippen molar-refractivity contribution in [2.24, 2.45) is 0 Å². The van der Waals surface area contributed by atoms with E-state index in [2.05, 4.69) is 168 Å². The second-order valence-electron chi connectivity index (χ2n) is 13.3. The fourth-order valence-electron chi connectivity index (χ4n) is 8.06. The van der Waals surface area contributed by atoms with Crippen molar-refractivity contribution < 1.29 is 0 Å². The molecule has 0 aliphatic heterocycles. The van der Waals surface area contributed by atoms with Crippen LogP contribution in [0.25, 0.3) is 103 Å². The van der Waals surface area contributed by atoms with Gasteiger partial charge in [-0.25, -0.2) is 9.97 Å². The van der Waals surface area contributed by atoms with Gasteiger partial charge in [0.15, 0.2) is 5.82 Å². The molecule has 0 amide bonds. The monoisotopic (exact) mass is 679 g/mol. The first kappa shape index (κ1) is 29.1. The number of para-hydroxylation sites is 1. The summed E-state index contributed by atoms with van der Waals surface area (Å²) in [6.45, 7) is 0. The Kier molecular flexibility index (Phi) is 6.42. The van der Waals surface area contributed by atoms with Crippen LogP contribution in [0.2, 0.25) is 0 Å². The summed E-state index contributed by atoms with van der Waals surface area (Å²) >= 11 is 1.90. The van der Waals surface area contributed by atoms with E-state index in [0.29, 0.717) is 5.82 Å². The van der Waals surface area contributed by atoms with Gasteiger partial charge in [0.1, 0.15) is 0 Å². The number of aromatic nitrogens is 3. The zero-order valence-electron chi connectivity index (χ0n) is 28.0. The fraction of sp³-hybridized carbons (Fsp3) is 0. The number of rotatable bonds is 4. The van der Waals surface area contributed by atoms with Crippen molar-refractivity contribution in [2.45, 2.75) is 0 Å². The Bertz CT molecular complexity index is 3100. The first-order valence-corrected chi connectivity index (χ1v) is 18.4. The van der Waals surface area contributed by atoms with E-state index >= 15 is 0 Å². The molecule has 3 aromatic heterocycles. The topological polar surface area (TPSA) is 30.7 Å². The number of benzene rings is 8. The van der Waals surface area contributed by atoms with Gasteiger partial charge in [-0.2, -0.15) is 0 Å². The van der Waals surface area contributed by atoms with Gasteiger partial charge in [0.05, 0.1) is 27.1 Å². The molecule has 0 saturated heterocycles. The molecule has 0 unspecified atom stereocenters. The van der Waals surface area contributed by atoms with Crippen molar-refractivity contribution in [1.29, 1.82) is 0 Å². The van der Waals surface area contributed by atoms with Crippen LogP contribution < -0.4 is 0 Å². The summed E-state index contributed by atoms with van der Waals surface area (Å²) in [5, 5.41) is 10.4. The second-order valence-corrected chi connectivity index (χ2v) is 14.4. The molecular formula is C48H29N3S. The third kappa shape index (κ3) is 4.38. The normalized spacial score (nSPS) is 11.8. The van der Waals surface area contributed by atoms with Crippen molar-refractivity contribution >= 4 is 74.9 Å². The predicted octanol–water partition coefficient (Wildman–Crippen LogP) is 13.2. The van der Waals surface area contributed by atoms with Crippen LogP contribution in [0.3, 0.4) is 0 Å². The Morgan fingerprint density at radius 2 is 1.00 bits per heavy atom. The van der Waals surface area contributed by atoms with Gasteiger partial charge in [-0.3, -0.25) is 0 Å². The van der Waals surface area contributed by atoms with Gasteiger partial charge in [0.25, 0.3) is 0 Å². The van der Waals surface area contributed by atoms with Gasteiger partial charge in [0, 0.05) is 48.6 Å². The minimum absolute atomic E-state index is 0.707. The summed E-state index contributed by atoms with van der Waals surface area (Å²) in [5.74, 6) is 0.707. The summed E-state index contributed by atoms with van der Waals surface area (Å²) in [4.78, 5) is 10.2. The lowest BCUT2D eigenvalue weighted by molar-refractivity contribution is 1.17. The van der Waals surface area contributed by atoms with Gasteiger partial charge in [-0.15, -0.1) is 11.3 Å². The maximum absolute atomic E-state index is 5.10.